The Morgan fingerprint density at radius 2 is 2.25 bits per heavy atom. The van der Waals surface area contributed by atoms with E-state index in [0.29, 0.717) is 11.3 Å². The maximum absolute atomic E-state index is 8.97. The minimum Gasteiger partial charge on any atom is -0.495 e. The first-order chi connectivity index (χ1) is 9.10. The molecule has 1 fully saturated rings. The van der Waals surface area contributed by atoms with Crippen molar-refractivity contribution in [2.45, 2.75) is 19.9 Å². The molecule has 4 nitrogen and oxygen atoms in total. The van der Waals surface area contributed by atoms with Crippen LogP contribution < -0.4 is 10.5 Å². The Kier molecular flexibility index (Phi) is 5.82. The summed E-state index contributed by atoms with van der Waals surface area (Å²) in [6, 6.07) is 7.91. The van der Waals surface area contributed by atoms with Crippen LogP contribution in [0.5, 0.6) is 5.75 Å². The van der Waals surface area contributed by atoms with E-state index >= 15 is 0 Å². The molecule has 2 rings (SSSR count). The number of benzene rings is 1. The molecular weight excluding hydrogens is 274 g/mol. The van der Waals surface area contributed by atoms with Gasteiger partial charge in [0.1, 0.15) is 11.8 Å². The molecule has 1 atom stereocenters. The monoisotopic (exact) mass is 295 g/mol. The van der Waals surface area contributed by atoms with Crippen molar-refractivity contribution in [1.82, 2.24) is 4.90 Å². The van der Waals surface area contributed by atoms with Crippen molar-refractivity contribution in [2.24, 2.45) is 11.1 Å². The van der Waals surface area contributed by atoms with E-state index in [9.17, 15) is 0 Å². The van der Waals surface area contributed by atoms with E-state index in [1.165, 1.54) is 5.56 Å². The number of hydrogen-bond acceptors (Lipinski definition) is 4. The molecule has 1 heterocycles. The first-order valence-corrected chi connectivity index (χ1v) is 6.60. The van der Waals surface area contributed by atoms with Gasteiger partial charge in [0.25, 0.3) is 0 Å². The molecule has 2 N–H and O–H groups in total. The number of methoxy groups -OCH3 is 1. The van der Waals surface area contributed by atoms with Crippen LogP contribution in [0.15, 0.2) is 18.2 Å². The SMILES string of the molecule is COc1cc(CN2CCC(C)(CN)C2)ccc1C#N.Cl. The fourth-order valence-corrected chi connectivity index (χ4v) is 2.61. The number of hydrogen-bond donors (Lipinski definition) is 1. The highest BCUT2D eigenvalue weighted by Gasteiger charge is 2.32. The first-order valence-electron chi connectivity index (χ1n) is 6.60. The van der Waals surface area contributed by atoms with Gasteiger partial charge in [-0.05, 0) is 42.6 Å². The van der Waals surface area contributed by atoms with E-state index < -0.39 is 0 Å². The van der Waals surface area contributed by atoms with E-state index in [2.05, 4.69) is 17.9 Å². The Hall–Kier alpha value is -1.28. The van der Waals surface area contributed by atoms with Gasteiger partial charge < -0.3 is 10.5 Å². The normalized spacial score (nSPS) is 22.1. The number of nitrogens with two attached hydrogens (primary N) is 1. The fraction of sp³-hybridized carbons (Fsp3) is 0.533. The molecule has 1 aliphatic rings. The first kappa shape index (κ1) is 16.8. The Balaban J connectivity index is 0.00000200. The van der Waals surface area contributed by atoms with Crippen LogP contribution in [0, 0.1) is 16.7 Å². The highest BCUT2D eigenvalue weighted by molar-refractivity contribution is 5.85. The van der Waals surface area contributed by atoms with E-state index in [-0.39, 0.29) is 17.8 Å². The summed E-state index contributed by atoms with van der Waals surface area (Å²) < 4.78 is 5.24. The van der Waals surface area contributed by atoms with Gasteiger partial charge in [-0.25, -0.2) is 0 Å². The van der Waals surface area contributed by atoms with Crippen LogP contribution in [-0.2, 0) is 6.54 Å². The number of ether oxygens (including phenoxy) is 1. The second-order valence-electron chi connectivity index (χ2n) is 5.62. The van der Waals surface area contributed by atoms with Crippen LogP contribution in [0.3, 0.4) is 0 Å². The lowest BCUT2D eigenvalue weighted by Gasteiger charge is -2.22. The van der Waals surface area contributed by atoms with Gasteiger partial charge in [0, 0.05) is 13.1 Å². The molecule has 1 saturated heterocycles. The number of nitrogens with zero attached hydrogens (tertiary/aromatic N) is 2. The Labute approximate surface area is 126 Å². The lowest BCUT2D eigenvalue weighted by atomic mass is 9.90. The average Bonchev–Trinajstić information content (AvgIpc) is 2.81. The molecule has 20 heavy (non-hydrogen) atoms. The summed E-state index contributed by atoms with van der Waals surface area (Å²) in [5.41, 5.74) is 7.83. The van der Waals surface area contributed by atoms with Crippen LogP contribution >= 0.6 is 12.4 Å². The standard InChI is InChI=1S/C15H21N3O.ClH/c1-15(10-17)5-6-18(11-15)9-12-3-4-13(8-16)14(7-12)19-2;/h3-4,7H,5-6,9-11,17H2,1-2H3;1H. The van der Waals surface area contributed by atoms with Gasteiger partial charge in [0.2, 0.25) is 0 Å². The molecule has 110 valence electrons. The van der Waals surface area contributed by atoms with Crippen LogP contribution in [0.4, 0.5) is 0 Å². The van der Waals surface area contributed by atoms with Gasteiger partial charge in [-0.2, -0.15) is 5.26 Å². The van der Waals surface area contributed by atoms with Gasteiger partial charge in [-0.1, -0.05) is 13.0 Å². The van der Waals surface area contributed by atoms with Crippen molar-refractivity contribution in [3.63, 3.8) is 0 Å². The third-order valence-corrected chi connectivity index (χ3v) is 3.92. The van der Waals surface area contributed by atoms with Crippen molar-refractivity contribution in [1.29, 1.82) is 5.26 Å². The van der Waals surface area contributed by atoms with Gasteiger partial charge in [-0.15, -0.1) is 12.4 Å². The molecule has 0 radical (unpaired) electrons. The highest BCUT2D eigenvalue weighted by atomic mass is 35.5. The summed E-state index contributed by atoms with van der Waals surface area (Å²) in [6.45, 7) is 5.98. The second kappa shape index (κ2) is 6.94. The zero-order chi connectivity index (χ0) is 13.9. The van der Waals surface area contributed by atoms with Crippen molar-refractivity contribution in [2.75, 3.05) is 26.7 Å². The summed E-state index contributed by atoms with van der Waals surface area (Å²) in [7, 11) is 1.60. The second-order valence-corrected chi connectivity index (χ2v) is 5.62. The lowest BCUT2D eigenvalue weighted by Crippen LogP contribution is -2.31. The predicted molar refractivity (Wildman–Crippen MR) is 82.0 cm³/mol. The number of rotatable bonds is 4. The zero-order valence-corrected chi connectivity index (χ0v) is 12.9. The largest absolute Gasteiger partial charge is 0.495 e. The molecule has 0 amide bonds. The topological polar surface area (TPSA) is 62.3 Å². The summed E-state index contributed by atoms with van der Waals surface area (Å²) in [4.78, 5) is 2.41. The maximum Gasteiger partial charge on any atom is 0.136 e. The van der Waals surface area contributed by atoms with Gasteiger partial charge in [0.15, 0.2) is 0 Å². The molecule has 1 unspecified atom stereocenters. The average molecular weight is 296 g/mol. The molecule has 1 aromatic rings. The highest BCUT2D eigenvalue weighted by Crippen LogP contribution is 2.30. The van der Waals surface area contributed by atoms with Crippen molar-refractivity contribution in [3.05, 3.63) is 29.3 Å². The molecule has 1 aromatic carbocycles. The van der Waals surface area contributed by atoms with Crippen LogP contribution in [-0.4, -0.2) is 31.6 Å². The number of halogens is 1. The molecule has 5 heteroatoms. The van der Waals surface area contributed by atoms with Crippen LogP contribution in [0.2, 0.25) is 0 Å². The van der Waals surface area contributed by atoms with Crippen molar-refractivity contribution in [3.8, 4) is 11.8 Å². The summed E-state index contributed by atoms with van der Waals surface area (Å²) in [5.74, 6) is 0.654. The lowest BCUT2D eigenvalue weighted by molar-refractivity contribution is 0.274. The van der Waals surface area contributed by atoms with E-state index in [0.717, 1.165) is 32.6 Å². The Bertz CT molecular complexity index is 500. The zero-order valence-electron chi connectivity index (χ0n) is 12.1. The van der Waals surface area contributed by atoms with Gasteiger partial charge in [0.05, 0.1) is 12.7 Å². The minimum atomic E-state index is 0. The van der Waals surface area contributed by atoms with E-state index in [4.69, 9.17) is 15.7 Å². The van der Waals surface area contributed by atoms with Crippen molar-refractivity contribution >= 4 is 12.4 Å². The van der Waals surface area contributed by atoms with E-state index in [1.54, 1.807) is 7.11 Å². The van der Waals surface area contributed by atoms with Crippen molar-refractivity contribution < 1.29 is 4.74 Å². The summed E-state index contributed by atoms with van der Waals surface area (Å²) >= 11 is 0. The maximum atomic E-state index is 8.97. The Morgan fingerprint density at radius 1 is 1.50 bits per heavy atom. The van der Waals surface area contributed by atoms with Gasteiger partial charge in [-0.3, -0.25) is 4.90 Å². The van der Waals surface area contributed by atoms with Crippen LogP contribution in [0.25, 0.3) is 0 Å². The molecule has 1 aliphatic heterocycles. The summed E-state index contributed by atoms with van der Waals surface area (Å²) in [5, 5.41) is 8.97. The molecule has 0 spiro atoms. The molecule has 0 aromatic heterocycles. The Morgan fingerprint density at radius 3 is 2.80 bits per heavy atom. The number of nitriles is 1. The third-order valence-electron chi connectivity index (χ3n) is 3.92. The fourth-order valence-electron chi connectivity index (χ4n) is 2.61. The number of likely N-dealkylation sites (tertiary alicyclic amines) is 1. The molecule has 0 aliphatic carbocycles. The molecule has 0 saturated carbocycles. The predicted octanol–water partition coefficient (Wildman–Crippen LogP) is 2.16. The van der Waals surface area contributed by atoms with Gasteiger partial charge >= 0.3 is 0 Å². The summed E-state index contributed by atoms with van der Waals surface area (Å²) in [6.07, 6.45) is 1.15. The van der Waals surface area contributed by atoms with Crippen LogP contribution in [0.1, 0.15) is 24.5 Å². The van der Waals surface area contributed by atoms with E-state index in [1.807, 2.05) is 18.2 Å². The third kappa shape index (κ3) is 3.63. The molecule has 0 bridgehead atoms. The quantitative estimate of drug-likeness (QED) is 0.924. The smallest absolute Gasteiger partial charge is 0.136 e. The minimum absolute atomic E-state index is 0. The molecular formula is C15H22ClN3O.